The molecular weight excluding hydrogens is 338 g/mol. The lowest BCUT2D eigenvalue weighted by atomic mass is 10.3. The lowest BCUT2D eigenvalue weighted by Crippen LogP contribution is -2.43. The average molecular weight is 358 g/mol. The second-order valence-electron chi connectivity index (χ2n) is 4.37. The summed E-state index contributed by atoms with van der Waals surface area (Å²) < 4.78 is 11.4. The standard InChI is InChI=1S/C15H20BrNO4/c1-4-17(10-14(18)20-5-2)15(19)11(3)21-13-8-6-12(16)7-9-13/h6-9,11H,4-5,10H2,1-3H3. The molecule has 0 spiro atoms. The van der Waals surface area contributed by atoms with Crippen LogP contribution in [0.5, 0.6) is 5.75 Å². The molecule has 0 aromatic heterocycles. The van der Waals surface area contributed by atoms with E-state index in [2.05, 4.69) is 15.9 Å². The van der Waals surface area contributed by atoms with Gasteiger partial charge >= 0.3 is 5.97 Å². The zero-order valence-corrected chi connectivity index (χ0v) is 14.1. The minimum Gasteiger partial charge on any atom is -0.481 e. The third kappa shape index (κ3) is 5.75. The van der Waals surface area contributed by atoms with E-state index >= 15 is 0 Å². The maximum atomic E-state index is 12.3. The van der Waals surface area contributed by atoms with Crippen LogP contribution in [0.2, 0.25) is 0 Å². The maximum Gasteiger partial charge on any atom is 0.325 e. The molecule has 1 rings (SSSR count). The quantitative estimate of drug-likeness (QED) is 0.704. The third-order valence-corrected chi connectivity index (χ3v) is 3.32. The van der Waals surface area contributed by atoms with Crippen molar-refractivity contribution in [3.63, 3.8) is 0 Å². The molecule has 0 heterocycles. The third-order valence-electron chi connectivity index (χ3n) is 2.79. The van der Waals surface area contributed by atoms with Crippen LogP contribution in [0.1, 0.15) is 20.8 Å². The molecule has 1 aromatic carbocycles. The second kappa shape index (κ2) is 8.67. The predicted octanol–water partition coefficient (Wildman–Crippen LogP) is 2.63. The lowest BCUT2D eigenvalue weighted by molar-refractivity contribution is -0.150. The summed E-state index contributed by atoms with van der Waals surface area (Å²) in [6, 6.07) is 7.22. The van der Waals surface area contributed by atoms with Crippen molar-refractivity contribution < 1.29 is 19.1 Å². The molecule has 116 valence electrons. The van der Waals surface area contributed by atoms with Crippen molar-refractivity contribution in [2.75, 3.05) is 19.7 Å². The molecule has 0 saturated heterocycles. The fourth-order valence-electron chi connectivity index (χ4n) is 1.73. The van der Waals surface area contributed by atoms with Crippen molar-refractivity contribution in [2.45, 2.75) is 26.9 Å². The zero-order chi connectivity index (χ0) is 15.8. The van der Waals surface area contributed by atoms with Crippen LogP contribution in [0.15, 0.2) is 28.7 Å². The lowest BCUT2D eigenvalue weighted by Gasteiger charge is -2.24. The monoisotopic (exact) mass is 357 g/mol. The van der Waals surface area contributed by atoms with E-state index in [1.807, 2.05) is 19.1 Å². The van der Waals surface area contributed by atoms with Gasteiger partial charge in [-0.05, 0) is 45.0 Å². The van der Waals surface area contributed by atoms with Gasteiger partial charge in [-0.1, -0.05) is 15.9 Å². The highest BCUT2D eigenvalue weighted by atomic mass is 79.9. The van der Waals surface area contributed by atoms with Crippen LogP contribution in [0, 0.1) is 0 Å². The molecule has 0 fully saturated rings. The minimum absolute atomic E-state index is 0.0583. The number of benzene rings is 1. The van der Waals surface area contributed by atoms with Crippen LogP contribution in [0.3, 0.4) is 0 Å². The van der Waals surface area contributed by atoms with E-state index in [0.717, 1.165) is 4.47 Å². The van der Waals surface area contributed by atoms with E-state index in [1.165, 1.54) is 4.90 Å². The zero-order valence-electron chi connectivity index (χ0n) is 12.5. The number of hydrogen-bond acceptors (Lipinski definition) is 4. The normalized spacial score (nSPS) is 11.6. The van der Waals surface area contributed by atoms with E-state index in [0.29, 0.717) is 18.9 Å². The number of ether oxygens (including phenoxy) is 2. The van der Waals surface area contributed by atoms with Crippen LogP contribution >= 0.6 is 15.9 Å². The number of rotatable bonds is 7. The van der Waals surface area contributed by atoms with Gasteiger partial charge in [0.15, 0.2) is 6.10 Å². The number of esters is 1. The van der Waals surface area contributed by atoms with Crippen LogP contribution in [0.4, 0.5) is 0 Å². The van der Waals surface area contributed by atoms with Gasteiger partial charge in [-0.3, -0.25) is 9.59 Å². The molecular formula is C15H20BrNO4. The Kier molecular flexibility index (Phi) is 7.22. The highest BCUT2D eigenvalue weighted by Crippen LogP contribution is 2.17. The van der Waals surface area contributed by atoms with Crippen molar-refractivity contribution in [1.82, 2.24) is 4.90 Å². The number of halogens is 1. The smallest absolute Gasteiger partial charge is 0.325 e. The fraction of sp³-hybridized carbons (Fsp3) is 0.467. The van der Waals surface area contributed by atoms with Gasteiger partial charge in [0.25, 0.3) is 5.91 Å². The highest BCUT2D eigenvalue weighted by molar-refractivity contribution is 9.10. The molecule has 1 atom stereocenters. The first-order valence-electron chi connectivity index (χ1n) is 6.84. The molecule has 0 N–H and O–H groups in total. The Labute approximate surface area is 133 Å². The van der Waals surface area contributed by atoms with Gasteiger partial charge < -0.3 is 14.4 Å². The Morgan fingerprint density at radius 1 is 1.24 bits per heavy atom. The van der Waals surface area contributed by atoms with Crippen LogP contribution in [0.25, 0.3) is 0 Å². The Balaban J connectivity index is 2.62. The summed E-state index contributed by atoms with van der Waals surface area (Å²) in [6.45, 7) is 5.87. The number of nitrogens with zero attached hydrogens (tertiary/aromatic N) is 1. The predicted molar refractivity (Wildman–Crippen MR) is 83.1 cm³/mol. The van der Waals surface area contributed by atoms with Crippen molar-refractivity contribution in [3.8, 4) is 5.75 Å². The van der Waals surface area contributed by atoms with Crippen LogP contribution in [-0.4, -0.2) is 42.6 Å². The van der Waals surface area contributed by atoms with Crippen molar-refractivity contribution >= 4 is 27.8 Å². The summed E-state index contributed by atoms with van der Waals surface area (Å²) in [5.74, 6) is -0.0525. The Morgan fingerprint density at radius 2 is 1.86 bits per heavy atom. The summed E-state index contributed by atoms with van der Waals surface area (Å²) in [4.78, 5) is 25.2. The van der Waals surface area contributed by atoms with Gasteiger partial charge in [0.2, 0.25) is 0 Å². The largest absolute Gasteiger partial charge is 0.481 e. The molecule has 21 heavy (non-hydrogen) atoms. The minimum atomic E-state index is -0.666. The van der Waals surface area contributed by atoms with E-state index in [4.69, 9.17) is 9.47 Å². The van der Waals surface area contributed by atoms with Gasteiger partial charge in [0.05, 0.1) is 6.61 Å². The molecule has 1 aromatic rings. The van der Waals surface area contributed by atoms with Gasteiger partial charge in [-0.15, -0.1) is 0 Å². The molecule has 0 aliphatic carbocycles. The SMILES string of the molecule is CCOC(=O)CN(CC)C(=O)C(C)Oc1ccc(Br)cc1. The topological polar surface area (TPSA) is 55.8 Å². The second-order valence-corrected chi connectivity index (χ2v) is 5.29. The summed E-state index contributed by atoms with van der Waals surface area (Å²) in [5.41, 5.74) is 0. The molecule has 0 radical (unpaired) electrons. The summed E-state index contributed by atoms with van der Waals surface area (Å²) in [6.07, 6.45) is -0.666. The Bertz CT molecular complexity index is 475. The average Bonchev–Trinajstić information content (AvgIpc) is 2.46. The molecule has 0 bridgehead atoms. The molecule has 6 heteroatoms. The summed E-state index contributed by atoms with van der Waals surface area (Å²) in [5, 5.41) is 0. The highest BCUT2D eigenvalue weighted by Gasteiger charge is 2.23. The molecule has 1 amide bonds. The number of carbonyl (C=O) groups is 2. The van der Waals surface area contributed by atoms with E-state index in [1.54, 1.807) is 26.0 Å². The van der Waals surface area contributed by atoms with Crippen molar-refractivity contribution in [3.05, 3.63) is 28.7 Å². The van der Waals surface area contributed by atoms with Gasteiger partial charge in [0.1, 0.15) is 12.3 Å². The Hall–Kier alpha value is -1.56. The van der Waals surface area contributed by atoms with Crippen LogP contribution in [-0.2, 0) is 14.3 Å². The number of likely N-dealkylation sites (N-methyl/N-ethyl adjacent to an activating group) is 1. The first-order valence-corrected chi connectivity index (χ1v) is 7.63. The maximum absolute atomic E-state index is 12.3. The molecule has 5 nitrogen and oxygen atoms in total. The molecule has 0 aliphatic heterocycles. The Morgan fingerprint density at radius 3 is 2.38 bits per heavy atom. The number of amides is 1. The van der Waals surface area contributed by atoms with Crippen molar-refractivity contribution in [2.24, 2.45) is 0 Å². The molecule has 0 aliphatic rings. The van der Waals surface area contributed by atoms with Gasteiger partial charge in [-0.2, -0.15) is 0 Å². The summed E-state index contributed by atoms with van der Waals surface area (Å²) >= 11 is 3.33. The van der Waals surface area contributed by atoms with Gasteiger partial charge in [-0.25, -0.2) is 0 Å². The number of hydrogen-bond donors (Lipinski definition) is 0. The molecule has 0 saturated carbocycles. The first-order chi connectivity index (χ1) is 9.97. The van der Waals surface area contributed by atoms with Crippen molar-refractivity contribution in [1.29, 1.82) is 0 Å². The fourth-order valence-corrected chi connectivity index (χ4v) is 2.00. The molecule has 1 unspecified atom stereocenters. The van der Waals surface area contributed by atoms with E-state index < -0.39 is 12.1 Å². The van der Waals surface area contributed by atoms with Crippen LogP contribution < -0.4 is 4.74 Å². The van der Waals surface area contributed by atoms with E-state index in [9.17, 15) is 9.59 Å². The summed E-state index contributed by atoms with van der Waals surface area (Å²) in [7, 11) is 0. The van der Waals surface area contributed by atoms with E-state index in [-0.39, 0.29) is 12.5 Å². The number of carbonyl (C=O) groups excluding carboxylic acids is 2. The van der Waals surface area contributed by atoms with Gasteiger partial charge in [0, 0.05) is 11.0 Å². The first kappa shape index (κ1) is 17.5.